The molecule has 0 N–H and O–H groups in total. The highest BCUT2D eigenvalue weighted by atomic mass is 15.1. The summed E-state index contributed by atoms with van der Waals surface area (Å²) >= 11 is 0. The van der Waals surface area contributed by atoms with E-state index in [0.29, 0.717) is 0 Å². The predicted octanol–water partition coefficient (Wildman–Crippen LogP) is 4.10. The fourth-order valence-corrected chi connectivity index (χ4v) is 2.15. The summed E-state index contributed by atoms with van der Waals surface area (Å²) in [6, 6.07) is 20.9. The molecule has 0 aliphatic carbocycles. The van der Waals surface area contributed by atoms with E-state index in [4.69, 9.17) is 0 Å². The maximum Gasteiger partial charge on any atom is 0.0415 e. The first-order valence-corrected chi connectivity index (χ1v) is 6.19. The molecule has 1 nitrogen and oxygen atoms in total. The second-order valence-corrected chi connectivity index (χ2v) is 4.33. The molecule has 3 rings (SSSR count). The number of benzene rings is 2. The lowest BCUT2D eigenvalue weighted by atomic mass is 10.0. The van der Waals surface area contributed by atoms with E-state index in [-0.39, 0.29) is 0 Å². The summed E-state index contributed by atoms with van der Waals surface area (Å²) in [7, 11) is 0. The summed E-state index contributed by atoms with van der Waals surface area (Å²) in [5, 5.41) is 0. The average Bonchev–Trinajstić information content (AvgIpc) is 2.49. The van der Waals surface area contributed by atoms with Crippen LogP contribution < -0.4 is 4.90 Å². The first-order chi connectivity index (χ1) is 8.93. The molecule has 1 aliphatic heterocycles. The van der Waals surface area contributed by atoms with Gasteiger partial charge < -0.3 is 4.90 Å². The quantitative estimate of drug-likeness (QED) is 0.754. The van der Waals surface area contributed by atoms with Crippen LogP contribution in [0.2, 0.25) is 0 Å². The highest BCUT2D eigenvalue weighted by molar-refractivity contribution is 5.76. The number of rotatable bonds is 2. The molecule has 0 unspecified atom stereocenters. The van der Waals surface area contributed by atoms with Gasteiger partial charge in [0.2, 0.25) is 0 Å². The first-order valence-electron chi connectivity index (χ1n) is 6.19. The Bertz CT molecular complexity index is 567. The largest absolute Gasteiger partial charge is 0.344 e. The van der Waals surface area contributed by atoms with E-state index in [1.54, 1.807) is 0 Å². The molecule has 0 saturated carbocycles. The highest BCUT2D eigenvalue weighted by Crippen LogP contribution is 2.22. The van der Waals surface area contributed by atoms with Gasteiger partial charge in [0.25, 0.3) is 0 Å². The molecule has 0 amide bonds. The summed E-state index contributed by atoms with van der Waals surface area (Å²) in [6.07, 6.45) is 6.59. The summed E-state index contributed by atoms with van der Waals surface area (Å²) in [6.45, 7) is 0.921. The van der Waals surface area contributed by atoms with E-state index >= 15 is 0 Å². The van der Waals surface area contributed by atoms with Gasteiger partial charge in [0.15, 0.2) is 0 Å². The summed E-state index contributed by atoms with van der Waals surface area (Å²) < 4.78 is 0. The Hall–Kier alpha value is -2.28. The molecule has 0 radical (unpaired) electrons. The smallest absolute Gasteiger partial charge is 0.0415 e. The Balaban J connectivity index is 1.79. The number of allylic oxidation sites excluding steroid dienone is 2. The van der Waals surface area contributed by atoms with Crippen LogP contribution in [0.15, 0.2) is 79.0 Å². The molecule has 1 aliphatic rings. The van der Waals surface area contributed by atoms with Crippen LogP contribution in [-0.2, 0) is 0 Å². The van der Waals surface area contributed by atoms with E-state index in [1.165, 1.54) is 16.8 Å². The van der Waals surface area contributed by atoms with Gasteiger partial charge in [-0.2, -0.15) is 0 Å². The van der Waals surface area contributed by atoms with Crippen molar-refractivity contribution in [1.29, 1.82) is 0 Å². The molecular weight excluding hydrogens is 218 g/mol. The van der Waals surface area contributed by atoms with Gasteiger partial charge in [-0.3, -0.25) is 0 Å². The number of anilines is 1. The Labute approximate surface area is 108 Å². The zero-order chi connectivity index (χ0) is 12.2. The maximum atomic E-state index is 2.27. The topological polar surface area (TPSA) is 3.24 Å². The van der Waals surface area contributed by atoms with Crippen molar-refractivity contribution in [1.82, 2.24) is 0 Å². The van der Waals surface area contributed by atoms with Crippen LogP contribution >= 0.6 is 0 Å². The van der Waals surface area contributed by atoms with Gasteiger partial charge in [0.1, 0.15) is 0 Å². The maximum absolute atomic E-state index is 2.27. The summed E-state index contributed by atoms with van der Waals surface area (Å²) in [4.78, 5) is 2.24. The summed E-state index contributed by atoms with van der Waals surface area (Å²) in [5.41, 5.74) is 3.81. The Kier molecular flexibility index (Phi) is 2.97. The van der Waals surface area contributed by atoms with Crippen LogP contribution in [0, 0.1) is 0 Å². The second kappa shape index (κ2) is 4.92. The first kappa shape index (κ1) is 10.8. The molecule has 0 bridgehead atoms. The van der Waals surface area contributed by atoms with E-state index < -0.39 is 0 Å². The van der Waals surface area contributed by atoms with Crippen LogP contribution in [0.5, 0.6) is 0 Å². The lowest BCUT2D eigenvalue weighted by molar-refractivity contribution is 1.08. The molecule has 88 valence electrons. The second-order valence-electron chi connectivity index (χ2n) is 4.33. The van der Waals surface area contributed by atoms with Crippen molar-refractivity contribution in [3.05, 3.63) is 84.6 Å². The monoisotopic (exact) mass is 233 g/mol. The zero-order valence-electron chi connectivity index (χ0n) is 10.2. The fraction of sp³-hybridized carbons (Fsp3) is 0.0588. The third-order valence-electron chi connectivity index (χ3n) is 3.14. The van der Waals surface area contributed by atoms with Crippen LogP contribution in [0.1, 0.15) is 5.56 Å². The molecule has 1 heterocycles. The molecular formula is C17H15N. The Morgan fingerprint density at radius 1 is 0.778 bits per heavy atom. The normalized spacial score (nSPS) is 14.4. The van der Waals surface area contributed by atoms with Crippen molar-refractivity contribution in [3.63, 3.8) is 0 Å². The Morgan fingerprint density at radius 2 is 1.44 bits per heavy atom. The standard InChI is InChI=1S/C17H15N/c1-3-7-15(8-4-1)16-11-13-18(14-12-16)17-9-5-2-6-10-17/h1-13H,14H2. The van der Waals surface area contributed by atoms with Gasteiger partial charge in [0.05, 0.1) is 0 Å². The van der Waals surface area contributed by atoms with Crippen LogP contribution in [0.3, 0.4) is 0 Å². The third-order valence-corrected chi connectivity index (χ3v) is 3.14. The van der Waals surface area contributed by atoms with Gasteiger partial charge >= 0.3 is 0 Å². The molecule has 1 heteroatoms. The molecule has 2 aromatic rings. The Morgan fingerprint density at radius 3 is 2.06 bits per heavy atom. The van der Waals surface area contributed by atoms with Crippen LogP contribution in [0.25, 0.3) is 5.57 Å². The van der Waals surface area contributed by atoms with Crippen molar-refractivity contribution in [3.8, 4) is 0 Å². The van der Waals surface area contributed by atoms with Gasteiger partial charge in [-0.05, 0) is 29.3 Å². The molecule has 0 saturated heterocycles. The fourth-order valence-electron chi connectivity index (χ4n) is 2.15. The van der Waals surface area contributed by atoms with E-state index in [0.717, 1.165) is 6.54 Å². The molecule has 18 heavy (non-hydrogen) atoms. The SMILES string of the molecule is C1=CN(c2ccccc2)CC=C1c1ccccc1. The average molecular weight is 233 g/mol. The van der Waals surface area contributed by atoms with Crippen molar-refractivity contribution in [2.45, 2.75) is 0 Å². The molecule has 2 aromatic carbocycles. The van der Waals surface area contributed by atoms with Crippen molar-refractivity contribution in [2.75, 3.05) is 11.4 Å². The van der Waals surface area contributed by atoms with Gasteiger partial charge in [0, 0.05) is 18.4 Å². The third kappa shape index (κ3) is 2.21. The number of nitrogens with zero attached hydrogens (tertiary/aromatic N) is 1. The molecule has 0 atom stereocenters. The van der Waals surface area contributed by atoms with Crippen LogP contribution in [0.4, 0.5) is 5.69 Å². The lowest BCUT2D eigenvalue weighted by Crippen LogP contribution is -2.18. The van der Waals surface area contributed by atoms with E-state index in [9.17, 15) is 0 Å². The molecule has 0 spiro atoms. The van der Waals surface area contributed by atoms with Crippen molar-refractivity contribution in [2.24, 2.45) is 0 Å². The highest BCUT2D eigenvalue weighted by Gasteiger charge is 2.07. The van der Waals surface area contributed by atoms with Crippen molar-refractivity contribution >= 4 is 11.3 Å². The van der Waals surface area contributed by atoms with Crippen LogP contribution in [-0.4, -0.2) is 6.54 Å². The molecule has 0 aromatic heterocycles. The van der Waals surface area contributed by atoms with E-state index in [1.807, 2.05) is 12.1 Å². The zero-order valence-corrected chi connectivity index (χ0v) is 10.2. The predicted molar refractivity (Wildman–Crippen MR) is 77.3 cm³/mol. The minimum Gasteiger partial charge on any atom is -0.344 e. The van der Waals surface area contributed by atoms with Gasteiger partial charge in [-0.1, -0.05) is 54.6 Å². The minimum atomic E-state index is 0.921. The van der Waals surface area contributed by atoms with E-state index in [2.05, 4.69) is 71.8 Å². The van der Waals surface area contributed by atoms with Gasteiger partial charge in [-0.15, -0.1) is 0 Å². The number of hydrogen-bond acceptors (Lipinski definition) is 1. The number of hydrogen-bond donors (Lipinski definition) is 0. The number of para-hydroxylation sites is 1. The summed E-state index contributed by atoms with van der Waals surface area (Å²) in [5.74, 6) is 0. The van der Waals surface area contributed by atoms with Crippen molar-refractivity contribution < 1.29 is 0 Å². The minimum absolute atomic E-state index is 0.921. The molecule has 0 fully saturated rings. The lowest BCUT2D eigenvalue weighted by Gasteiger charge is -2.22. The van der Waals surface area contributed by atoms with Gasteiger partial charge in [-0.25, -0.2) is 0 Å².